The standard InChI is InChI=1S/C26H24N2O4/c1-4-13-27-25(30)21-20-14-15(2)18-7-5-6-8-19(18)28(20)23(22(21)26(27)31)24(29)16-9-11-17(32-3)12-10-16/h4-12,14,20-23H,1,13H2,2-3H3/t20-,21-,22-,23-/m1/s1. The maximum Gasteiger partial charge on any atom is 0.236 e. The second-order valence-electron chi connectivity index (χ2n) is 8.43. The number of hydrogen-bond donors (Lipinski definition) is 0. The normalized spacial score (nSPS) is 25.8. The van der Waals surface area contributed by atoms with Crippen molar-refractivity contribution in [1.29, 1.82) is 0 Å². The average molecular weight is 428 g/mol. The molecule has 6 nitrogen and oxygen atoms in total. The summed E-state index contributed by atoms with van der Waals surface area (Å²) >= 11 is 0. The molecule has 0 N–H and O–H groups in total. The molecule has 2 fully saturated rings. The lowest BCUT2D eigenvalue weighted by Crippen LogP contribution is -2.49. The number of imide groups is 1. The van der Waals surface area contributed by atoms with Gasteiger partial charge in [-0.1, -0.05) is 30.4 Å². The summed E-state index contributed by atoms with van der Waals surface area (Å²) in [7, 11) is 1.57. The molecule has 0 saturated carbocycles. The van der Waals surface area contributed by atoms with E-state index in [9.17, 15) is 14.4 Å². The van der Waals surface area contributed by atoms with Crippen LogP contribution < -0.4 is 9.64 Å². The predicted molar refractivity (Wildman–Crippen MR) is 121 cm³/mol. The predicted octanol–water partition coefficient (Wildman–Crippen LogP) is 3.34. The van der Waals surface area contributed by atoms with Crippen LogP contribution in [0.1, 0.15) is 22.8 Å². The Balaban J connectivity index is 1.66. The number of nitrogens with zero attached hydrogens (tertiary/aromatic N) is 2. The number of ether oxygens (including phenoxy) is 1. The number of amides is 2. The third-order valence-corrected chi connectivity index (χ3v) is 6.80. The summed E-state index contributed by atoms with van der Waals surface area (Å²) < 4.78 is 5.22. The van der Waals surface area contributed by atoms with Gasteiger partial charge in [-0.05, 0) is 42.8 Å². The molecule has 3 heterocycles. The fraction of sp³-hybridized carbons (Fsp3) is 0.269. The number of carbonyl (C=O) groups excluding carboxylic acids is 3. The maximum absolute atomic E-state index is 13.8. The van der Waals surface area contributed by atoms with E-state index in [1.807, 2.05) is 42.2 Å². The van der Waals surface area contributed by atoms with Crippen LogP contribution in [-0.2, 0) is 9.59 Å². The number of benzene rings is 2. The Bertz CT molecular complexity index is 1170. The van der Waals surface area contributed by atoms with Crippen LogP contribution in [0, 0.1) is 11.8 Å². The Morgan fingerprint density at radius 1 is 1.06 bits per heavy atom. The number of methoxy groups -OCH3 is 1. The second kappa shape index (κ2) is 7.48. The van der Waals surface area contributed by atoms with E-state index in [0.29, 0.717) is 11.3 Å². The molecule has 2 amide bonds. The van der Waals surface area contributed by atoms with Gasteiger partial charge in [-0.25, -0.2) is 0 Å². The minimum Gasteiger partial charge on any atom is -0.497 e. The van der Waals surface area contributed by atoms with Crippen molar-refractivity contribution in [2.45, 2.75) is 19.0 Å². The highest BCUT2D eigenvalue weighted by molar-refractivity contribution is 6.14. The van der Waals surface area contributed by atoms with Gasteiger partial charge in [0.1, 0.15) is 11.8 Å². The van der Waals surface area contributed by atoms with Crippen LogP contribution in [0.5, 0.6) is 5.75 Å². The first-order valence-corrected chi connectivity index (χ1v) is 10.7. The molecule has 0 bridgehead atoms. The van der Waals surface area contributed by atoms with E-state index in [4.69, 9.17) is 4.74 Å². The van der Waals surface area contributed by atoms with Crippen LogP contribution in [0.2, 0.25) is 0 Å². The number of fused-ring (bicyclic) bond motifs is 5. The molecule has 3 aliphatic rings. The van der Waals surface area contributed by atoms with Crippen molar-refractivity contribution >= 4 is 28.9 Å². The molecule has 3 aliphatic heterocycles. The molecule has 0 radical (unpaired) electrons. The van der Waals surface area contributed by atoms with Crippen molar-refractivity contribution in [1.82, 2.24) is 4.90 Å². The molecule has 0 spiro atoms. The molecule has 2 aromatic rings. The van der Waals surface area contributed by atoms with Crippen LogP contribution in [0.3, 0.4) is 0 Å². The minimum atomic E-state index is -0.768. The largest absolute Gasteiger partial charge is 0.497 e. The van der Waals surface area contributed by atoms with Crippen LogP contribution in [0.25, 0.3) is 5.57 Å². The number of carbonyl (C=O) groups is 3. The molecular weight excluding hydrogens is 404 g/mol. The highest BCUT2D eigenvalue weighted by Crippen LogP contribution is 2.50. The molecule has 4 atom stereocenters. The van der Waals surface area contributed by atoms with Crippen LogP contribution in [-0.4, -0.2) is 48.2 Å². The first kappa shape index (κ1) is 20.2. The Morgan fingerprint density at radius 2 is 1.75 bits per heavy atom. The van der Waals surface area contributed by atoms with Gasteiger partial charge in [-0.3, -0.25) is 19.3 Å². The molecule has 2 aromatic carbocycles. The van der Waals surface area contributed by atoms with Crippen molar-refractivity contribution < 1.29 is 19.1 Å². The first-order valence-electron chi connectivity index (χ1n) is 10.7. The molecule has 162 valence electrons. The van der Waals surface area contributed by atoms with Crippen molar-refractivity contribution in [2.75, 3.05) is 18.6 Å². The number of ketones is 1. The highest BCUT2D eigenvalue weighted by Gasteiger charge is 2.64. The van der Waals surface area contributed by atoms with Crippen molar-refractivity contribution in [3.63, 3.8) is 0 Å². The lowest BCUT2D eigenvalue weighted by Gasteiger charge is -2.38. The lowest BCUT2D eigenvalue weighted by molar-refractivity contribution is -0.139. The zero-order valence-electron chi connectivity index (χ0n) is 18.0. The number of likely N-dealkylation sites (tertiary alicyclic amines) is 1. The smallest absolute Gasteiger partial charge is 0.236 e. The second-order valence-corrected chi connectivity index (χ2v) is 8.43. The Hall–Kier alpha value is -3.67. The SMILES string of the molecule is C=CCN1C(=O)[C@@H]2[C@H](C1=O)[C@H]1C=C(C)c3ccccc3N1[C@H]2C(=O)c1ccc(OC)cc1. The van der Waals surface area contributed by atoms with E-state index in [0.717, 1.165) is 16.8 Å². The molecule has 0 unspecified atom stereocenters. The van der Waals surface area contributed by atoms with E-state index in [-0.39, 0.29) is 30.2 Å². The summed E-state index contributed by atoms with van der Waals surface area (Å²) in [5.74, 6) is -1.40. The fourth-order valence-corrected chi connectivity index (χ4v) is 5.39. The van der Waals surface area contributed by atoms with Gasteiger partial charge in [0.15, 0.2) is 5.78 Å². The van der Waals surface area contributed by atoms with Crippen LogP contribution >= 0.6 is 0 Å². The number of hydrogen-bond acceptors (Lipinski definition) is 5. The third kappa shape index (κ3) is 2.75. The van der Waals surface area contributed by atoms with E-state index >= 15 is 0 Å². The van der Waals surface area contributed by atoms with Gasteiger partial charge < -0.3 is 9.64 Å². The first-order chi connectivity index (χ1) is 15.5. The number of rotatable bonds is 5. The van der Waals surface area contributed by atoms with E-state index in [1.54, 1.807) is 37.5 Å². The Labute approximate surface area is 186 Å². The number of anilines is 1. The van der Waals surface area contributed by atoms with Crippen molar-refractivity contribution in [3.8, 4) is 5.75 Å². The van der Waals surface area contributed by atoms with Crippen molar-refractivity contribution in [2.24, 2.45) is 11.8 Å². The van der Waals surface area contributed by atoms with E-state index in [2.05, 4.69) is 6.58 Å². The molecule has 0 aromatic heterocycles. The van der Waals surface area contributed by atoms with Gasteiger partial charge in [0.05, 0.1) is 25.0 Å². The Kier molecular flexibility index (Phi) is 4.73. The average Bonchev–Trinajstić information content (AvgIpc) is 3.27. The zero-order valence-corrected chi connectivity index (χ0v) is 18.0. The number of allylic oxidation sites excluding steroid dienone is 1. The molecular formula is C26H24N2O4. The fourth-order valence-electron chi connectivity index (χ4n) is 5.39. The molecule has 2 saturated heterocycles. The summed E-state index contributed by atoms with van der Waals surface area (Å²) in [5.41, 5.74) is 3.43. The van der Waals surface area contributed by atoms with Gasteiger partial charge in [0, 0.05) is 23.4 Å². The topological polar surface area (TPSA) is 66.9 Å². The molecule has 6 heteroatoms. The van der Waals surface area contributed by atoms with Crippen LogP contribution in [0.4, 0.5) is 5.69 Å². The van der Waals surface area contributed by atoms with Gasteiger partial charge in [-0.2, -0.15) is 0 Å². The quantitative estimate of drug-likeness (QED) is 0.415. The van der Waals surface area contributed by atoms with Crippen LogP contribution in [0.15, 0.2) is 67.3 Å². The summed E-state index contributed by atoms with van der Waals surface area (Å²) in [4.78, 5) is 43.8. The highest BCUT2D eigenvalue weighted by atomic mass is 16.5. The van der Waals surface area contributed by atoms with Gasteiger partial charge in [0.25, 0.3) is 0 Å². The summed E-state index contributed by atoms with van der Waals surface area (Å²) in [6.07, 6.45) is 3.58. The third-order valence-electron chi connectivity index (χ3n) is 6.80. The lowest BCUT2D eigenvalue weighted by atomic mass is 9.85. The van der Waals surface area contributed by atoms with E-state index in [1.165, 1.54) is 4.90 Å². The zero-order chi connectivity index (χ0) is 22.6. The van der Waals surface area contributed by atoms with Gasteiger partial charge >= 0.3 is 0 Å². The van der Waals surface area contributed by atoms with Crippen molar-refractivity contribution in [3.05, 3.63) is 78.4 Å². The summed E-state index contributed by atoms with van der Waals surface area (Å²) in [6.45, 7) is 5.84. The Morgan fingerprint density at radius 3 is 2.44 bits per heavy atom. The number of Topliss-reactive ketones (excluding diaryl/α,β-unsaturated/α-hetero) is 1. The van der Waals surface area contributed by atoms with Gasteiger partial charge in [-0.15, -0.1) is 6.58 Å². The van der Waals surface area contributed by atoms with E-state index < -0.39 is 17.9 Å². The molecule has 32 heavy (non-hydrogen) atoms. The maximum atomic E-state index is 13.8. The summed E-state index contributed by atoms with van der Waals surface area (Å²) in [5, 5.41) is 0. The number of para-hydroxylation sites is 1. The molecule has 0 aliphatic carbocycles. The minimum absolute atomic E-state index is 0.153. The summed E-state index contributed by atoms with van der Waals surface area (Å²) in [6, 6.07) is 13.6. The monoisotopic (exact) mass is 428 g/mol. The molecule has 5 rings (SSSR count). The van der Waals surface area contributed by atoms with Gasteiger partial charge in [0.2, 0.25) is 11.8 Å².